The average Bonchev–Trinajstić information content (AvgIpc) is 2.03. The van der Waals surface area contributed by atoms with Crippen molar-refractivity contribution in [1.29, 1.82) is 0 Å². The molecule has 0 radical (unpaired) electrons. The number of nitrogens with zero attached hydrogens (tertiary/aromatic N) is 1. The zero-order chi connectivity index (χ0) is 8.10. The van der Waals surface area contributed by atoms with Crippen molar-refractivity contribution in [2.24, 2.45) is 0 Å². The lowest BCUT2D eigenvalue weighted by atomic mass is 10.3. The molecule has 0 aromatic rings. The van der Waals surface area contributed by atoms with E-state index in [1.165, 1.54) is 0 Å². The Balaban J connectivity index is 0.00000121. The number of halogens is 1. The van der Waals surface area contributed by atoms with Crippen LogP contribution in [0.25, 0.3) is 0 Å². The molecule has 1 fully saturated rings. The van der Waals surface area contributed by atoms with Gasteiger partial charge in [-0.05, 0) is 0 Å². The third kappa shape index (κ3) is 4.54. The third-order valence-electron chi connectivity index (χ3n) is 1.75. The van der Waals surface area contributed by atoms with Gasteiger partial charge in [0.05, 0.1) is 19.6 Å². The molecule has 0 amide bonds. The minimum Gasteiger partial charge on any atom is -0.481 e. The van der Waals surface area contributed by atoms with Gasteiger partial charge < -0.3 is 9.84 Å². The summed E-state index contributed by atoms with van der Waals surface area (Å²) in [6, 6.07) is 0. The fourth-order valence-electron chi connectivity index (χ4n) is 1.08. The van der Waals surface area contributed by atoms with Crippen LogP contribution in [-0.2, 0) is 9.53 Å². The molecule has 4 nitrogen and oxygen atoms in total. The summed E-state index contributed by atoms with van der Waals surface area (Å²) in [7, 11) is 0. The Hall–Kier alpha value is -0.320. The van der Waals surface area contributed by atoms with E-state index in [-0.39, 0.29) is 18.8 Å². The lowest BCUT2D eigenvalue weighted by Gasteiger charge is -2.25. The van der Waals surface area contributed by atoms with Gasteiger partial charge in [-0.15, -0.1) is 12.4 Å². The maximum Gasteiger partial charge on any atom is 0.304 e. The fourth-order valence-corrected chi connectivity index (χ4v) is 1.08. The van der Waals surface area contributed by atoms with Crippen LogP contribution in [0.3, 0.4) is 0 Å². The summed E-state index contributed by atoms with van der Waals surface area (Å²) in [5, 5.41) is 8.39. The van der Waals surface area contributed by atoms with Crippen LogP contribution in [0.4, 0.5) is 0 Å². The predicted molar refractivity (Wildman–Crippen MR) is 46.8 cm³/mol. The highest BCUT2D eigenvalue weighted by molar-refractivity contribution is 5.85. The number of carboxylic acids is 1. The van der Waals surface area contributed by atoms with Crippen molar-refractivity contribution in [3.63, 3.8) is 0 Å². The van der Waals surface area contributed by atoms with Gasteiger partial charge in [0.1, 0.15) is 0 Å². The summed E-state index contributed by atoms with van der Waals surface area (Å²) >= 11 is 0. The second-order valence-corrected chi connectivity index (χ2v) is 2.60. The Labute approximate surface area is 77.9 Å². The summed E-state index contributed by atoms with van der Waals surface area (Å²) in [6.07, 6.45) is 0.236. The van der Waals surface area contributed by atoms with E-state index in [9.17, 15) is 4.79 Å². The lowest BCUT2D eigenvalue weighted by Crippen LogP contribution is -2.37. The smallest absolute Gasteiger partial charge is 0.304 e. The number of rotatable bonds is 3. The van der Waals surface area contributed by atoms with Gasteiger partial charge in [-0.3, -0.25) is 9.69 Å². The van der Waals surface area contributed by atoms with E-state index < -0.39 is 5.97 Å². The number of carbonyl (C=O) groups is 1. The molecule has 0 saturated carbocycles. The standard InChI is InChI=1S/C7H13NO3.ClH/c9-7(10)1-2-8-3-5-11-6-4-8;/h1-6H2,(H,9,10);1H. The molecular formula is C7H14ClNO3. The minimum absolute atomic E-state index is 0. The van der Waals surface area contributed by atoms with E-state index in [1.54, 1.807) is 0 Å². The van der Waals surface area contributed by atoms with Crippen molar-refractivity contribution in [3.05, 3.63) is 0 Å². The highest BCUT2D eigenvalue weighted by atomic mass is 35.5. The molecule has 1 heterocycles. The number of hydrogen-bond donors (Lipinski definition) is 1. The Bertz CT molecular complexity index is 137. The highest BCUT2D eigenvalue weighted by Crippen LogP contribution is 1.97. The second kappa shape index (κ2) is 6.22. The number of hydrogen-bond acceptors (Lipinski definition) is 3. The second-order valence-electron chi connectivity index (χ2n) is 2.60. The Morgan fingerprint density at radius 1 is 1.42 bits per heavy atom. The van der Waals surface area contributed by atoms with Crippen molar-refractivity contribution in [2.45, 2.75) is 6.42 Å². The van der Waals surface area contributed by atoms with Crippen LogP contribution < -0.4 is 0 Å². The van der Waals surface area contributed by atoms with E-state index in [0.717, 1.165) is 26.3 Å². The first-order valence-corrected chi connectivity index (χ1v) is 3.81. The van der Waals surface area contributed by atoms with Crippen molar-refractivity contribution in [2.75, 3.05) is 32.8 Å². The van der Waals surface area contributed by atoms with Crippen molar-refractivity contribution in [1.82, 2.24) is 4.90 Å². The van der Waals surface area contributed by atoms with Crippen LogP contribution in [0.1, 0.15) is 6.42 Å². The van der Waals surface area contributed by atoms with Crippen LogP contribution >= 0.6 is 12.4 Å². The molecule has 0 unspecified atom stereocenters. The lowest BCUT2D eigenvalue weighted by molar-refractivity contribution is -0.137. The molecule has 1 aliphatic heterocycles. The van der Waals surface area contributed by atoms with E-state index in [0.29, 0.717) is 6.54 Å². The molecule has 1 aliphatic rings. The SMILES string of the molecule is Cl.O=C(O)CCN1CCOCC1. The van der Waals surface area contributed by atoms with Gasteiger partial charge in [0.15, 0.2) is 0 Å². The first-order valence-electron chi connectivity index (χ1n) is 3.81. The topological polar surface area (TPSA) is 49.8 Å². The number of ether oxygens (including phenoxy) is 1. The largest absolute Gasteiger partial charge is 0.481 e. The Kier molecular flexibility index (Phi) is 6.06. The number of aliphatic carboxylic acids is 1. The van der Waals surface area contributed by atoms with E-state index in [2.05, 4.69) is 4.90 Å². The molecule has 12 heavy (non-hydrogen) atoms. The summed E-state index contributed by atoms with van der Waals surface area (Å²) in [4.78, 5) is 12.3. The molecule has 0 bridgehead atoms. The molecule has 5 heteroatoms. The molecule has 0 spiro atoms. The van der Waals surface area contributed by atoms with Gasteiger partial charge in [-0.25, -0.2) is 0 Å². The Morgan fingerprint density at radius 3 is 2.50 bits per heavy atom. The molecule has 1 rings (SSSR count). The molecule has 0 atom stereocenters. The molecule has 0 aliphatic carbocycles. The molecule has 0 aromatic heterocycles. The molecule has 1 N–H and O–H groups in total. The normalized spacial score (nSPS) is 18.3. The fraction of sp³-hybridized carbons (Fsp3) is 0.857. The molecule has 0 aromatic carbocycles. The van der Waals surface area contributed by atoms with Gasteiger partial charge in [-0.2, -0.15) is 0 Å². The maximum atomic E-state index is 10.2. The molecule has 72 valence electrons. The maximum absolute atomic E-state index is 10.2. The highest BCUT2D eigenvalue weighted by Gasteiger charge is 2.10. The van der Waals surface area contributed by atoms with Gasteiger partial charge in [0.2, 0.25) is 0 Å². The number of carboxylic acid groups (broad SMARTS) is 1. The zero-order valence-corrected chi connectivity index (χ0v) is 7.68. The number of morpholine rings is 1. The first kappa shape index (κ1) is 11.7. The summed E-state index contributed by atoms with van der Waals surface area (Å²) in [6.45, 7) is 3.86. The van der Waals surface area contributed by atoms with Gasteiger partial charge in [-0.1, -0.05) is 0 Å². The van der Waals surface area contributed by atoms with Gasteiger partial charge in [0, 0.05) is 19.6 Å². The van der Waals surface area contributed by atoms with Gasteiger partial charge >= 0.3 is 5.97 Å². The Morgan fingerprint density at radius 2 is 2.00 bits per heavy atom. The van der Waals surface area contributed by atoms with Crippen LogP contribution in [0.2, 0.25) is 0 Å². The average molecular weight is 196 g/mol. The van der Waals surface area contributed by atoms with E-state index >= 15 is 0 Å². The van der Waals surface area contributed by atoms with E-state index in [1.807, 2.05) is 0 Å². The van der Waals surface area contributed by atoms with Crippen molar-refractivity contribution in [3.8, 4) is 0 Å². The summed E-state index contributed by atoms with van der Waals surface area (Å²) in [5.41, 5.74) is 0. The first-order chi connectivity index (χ1) is 5.29. The van der Waals surface area contributed by atoms with Crippen molar-refractivity contribution >= 4 is 18.4 Å². The van der Waals surface area contributed by atoms with E-state index in [4.69, 9.17) is 9.84 Å². The van der Waals surface area contributed by atoms with Crippen LogP contribution in [0, 0.1) is 0 Å². The van der Waals surface area contributed by atoms with Crippen LogP contribution in [0.5, 0.6) is 0 Å². The zero-order valence-electron chi connectivity index (χ0n) is 6.86. The van der Waals surface area contributed by atoms with Crippen molar-refractivity contribution < 1.29 is 14.6 Å². The summed E-state index contributed by atoms with van der Waals surface area (Å²) in [5.74, 6) is -0.725. The van der Waals surface area contributed by atoms with Crippen LogP contribution in [-0.4, -0.2) is 48.8 Å². The quantitative estimate of drug-likeness (QED) is 0.700. The third-order valence-corrected chi connectivity index (χ3v) is 1.75. The van der Waals surface area contributed by atoms with Gasteiger partial charge in [0.25, 0.3) is 0 Å². The predicted octanol–water partition coefficient (Wildman–Crippen LogP) is 0.215. The summed E-state index contributed by atoms with van der Waals surface area (Å²) < 4.78 is 5.12. The molecule has 1 saturated heterocycles. The monoisotopic (exact) mass is 195 g/mol. The molecular weight excluding hydrogens is 182 g/mol. The van der Waals surface area contributed by atoms with Crippen LogP contribution in [0.15, 0.2) is 0 Å². The minimum atomic E-state index is -0.725.